The molecule has 0 spiro atoms. The van der Waals surface area contributed by atoms with Crippen LogP contribution in [0.5, 0.6) is 0 Å². The molecule has 0 radical (unpaired) electrons. The van der Waals surface area contributed by atoms with Crippen molar-refractivity contribution in [2.24, 2.45) is 15.9 Å². The van der Waals surface area contributed by atoms with Gasteiger partial charge in [-0.2, -0.15) is 5.06 Å². The van der Waals surface area contributed by atoms with Gasteiger partial charge in [0.2, 0.25) is 5.90 Å². The lowest BCUT2D eigenvalue weighted by Gasteiger charge is -2.17. The standard InChI is InChI=1S/C34H45FN4O5/c1-4-12-29(33(42)38-27-17-15-26(35)16-18-27)30(36-21-10-7-9-14-32(40)41)20-19-28-23-31(44-39(28)3)34-37-24-25(2)13-8-5-6-11-22-43-34/h6,8,11-13,15-18,20-21,25,28,31H,4-5,7,9-10,14,19,22-24H2,1-3H3,(H,38,42)(H,40,41)/b11-6-,13-8-,29-12+,30-20+,36-21?,37-34?. The van der Waals surface area contributed by atoms with E-state index in [1.807, 2.05) is 37.3 Å². The number of halogens is 1. The Morgan fingerprint density at radius 2 is 1.98 bits per heavy atom. The number of ether oxygens (including phenoxy) is 1. The second-order valence-electron chi connectivity index (χ2n) is 10.9. The summed E-state index contributed by atoms with van der Waals surface area (Å²) in [5.74, 6) is -0.693. The predicted molar refractivity (Wildman–Crippen MR) is 172 cm³/mol. The molecule has 3 unspecified atom stereocenters. The first-order valence-electron chi connectivity index (χ1n) is 15.4. The molecule has 0 saturated carbocycles. The molecule has 9 nitrogen and oxygen atoms in total. The van der Waals surface area contributed by atoms with Gasteiger partial charge in [0.05, 0.1) is 11.3 Å². The SMILES string of the molecule is CC/C=C(C(=O)Nc1ccc(F)cc1)\C(=C/CC1CC(C2=NCC(C)/C=C\C/C=C\CO2)ON1C)N=CCCCCC(=O)O. The molecule has 2 aliphatic rings. The molecule has 1 amide bonds. The van der Waals surface area contributed by atoms with Crippen LogP contribution in [-0.2, 0) is 19.2 Å². The van der Waals surface area contributed by atoms with E-state index in [4.69, 9.17) is 19.7 Å². The Balaban J connectivity index is 1.78. The summed E-state index contributed by atoms with van der Waals surface area (Å²) in [5, 5.41) is 13.6. The lowest BCUT2D eigenvalue weighted by atomic mass is 10.0. The number of anilines is 1. The second kappa shape index (κ2) is 18.7. The molecule has 2 N–H and O–H groups in total. The molecule has 3 atom stereocenters. The van der Waals surface area contributed by atoms with Gasteiger partial charge in [-0.05, 0) is 68.7 Å². The van der Waals surface area contributed by atoms with E-state index in [1.54, 1.807) is 6.21 Å². The number of carboxylic acids is 1. The maximum absolute atomic E-state index is 13.4. The van der Waals surface area contributed by atoms with Crippen LogP contribution in [0.15, 0.2) is 82.0 Å². The third kappa shape index (κ3) is 12.0. The zero-order valence-corrected chi connectivity index (χ0v) is 26.0. The van der Waals surface area contributed by atoms with Crippen molar-refractivity contribution in [3.05, 3.63) is 77.8 Å². The highest BCUT2D eigenvalue weighted by Gasteiger charge is 2.35. The van der Waals surface area contributed by atoms with Crippen LogP contribution in [0.1, 0.15) is 65.2 Å². The molecule has 0 bridgehead atoms. The summed E-state index contributed by atoms with van der Waals surface area (Å²) in [5.41, 5.74) is 1.39. The van der Waals surface area contributed by atoms with E-state index >= 15 is 0 Å². The number of hydrogen-bond donors (Lipinski definition) is 2. The summed E-state index contributed by atoms with van der Waals surface area (Å²) >= 11 is 0. The number of carboxylic acid groups (broad SMARTS) is 1. The van der Waals surface area contributed by atoms with Crippen molar-refractivity contribution in [2.75, 3.05) is 25.5 Å². The maximum atomic E-state index is 13.4. The lowest BCUT2D eigenvalue weighted by molar-refractivity contribution is -0.137. The zero-order valence-electron chi connectivity index (χ0n) is 26.0. The minimum Gasteiger partial charge on any atom is -0.481 e. The molecular weight excluding hydrogens is 563 g/mol. The highest BCUT2D eigenvalue weighted by molar-refractivity contribution is 6.07. The average molecular weight is 609 g/mol. The minimum atomic E-state index is -0.825. The van der Waals surface area contributed by atoms with Crippen molar-refractivity contribution in [1.82, 2.24) is 5.06 Å². The third-order valence-electron chi connectivity index (χ3n) is 7.15. The fourth-order valence-corrected chi connectivity index (χ4v) is 4.74. The highest BCUT2D eigenvalue weighted by Crippen LogP contribution is 2.26. The average Bonchev–Trinajstić information content (AvgIpc) is 3.34. The Hall–Kier alpha value is -3.89. The van der Waals surface area contributed by atoms with Gasteiger partial charge in [-0.3, -0.25) is 24.4 Å². The Kier molecular flexibility index (Phi) is 14.7. The lowest BCUT2D eigenvalue weighted by Crippen LogP contribution is -2.26. The first kappa shape index (κ1) is 34.6. The number of benzene rings is 1. The quantitative estimate of drug-likeness (QED) is 0.0851. The number of rotatable bonds is 13. The van der Waals surface area contributed by atoms with Crippen molar-refractivity contribution in [1.29, 1.82) is 0 Å². The summed E-state index contributed by atoms with van der Waals surface area (Å²) in [7, 11) is 1.88. The van der Waals surface area contributed by atoms with Crippen LogP contribution >= 0.6 is 0 Å². The van der Waals surface area contributed by atoms with E-state index in [-0.39, 0.29) is 36.2 Å². The van der Waals surface area contributed by atoms with Gasteiger partial charge in [-0.1, -0.05) is 50.3 Å². The summed E-state index contributed by atoms with van der Waals surface area (Å²) < 4.78 is 19.4. The van der Waals surface area contributed by atoms with E-state index in [1.165, 1.54) is 24.3 Å². The molecule has 1 aromatic carbocycles. The Morgan fingerprint density at radius 3 is 2.73 bits per heavy atom. The Labute approximate surface area is 259 Å². The Morgan fingerprint density at radius 1 is 1.18 bits per heavy atom. The Bertz CT molecular complexity index is 1270. The molecule has 44 heavy (non-hydrogen) atoms. The number of carbonyl (C=O) groups is 2. The summed E-state index contributed by atoms with van der Waals surface area (Å²) in [6.07, 6.45) is 18.1. The number of hydroxylamine groups is 2. The van der Waals surface area contributed by atoms with E-state index in [0.717, 1.165) is 6.42 Å². The van der Waals surface area contributed by atoms with Gasteiger partial charge in [0.15, 0.2) is 6.10 Å². The first-order chi connectivity index (χ1) is 21.3. The van der Waals surface area contributed by atoms with Crippen LogP contribution in [0.3, 0.4) is 0 Å². The summed E-state index contributed by atoms with van der Waals surface area (Å²) in [6.45, 7) is 5.10. The highest BCUT2D eigenvalue weighted by atomic mass is 19.1. The normalized spacial score (nSPS) is 23.5. The fourth-order valence-electron chi connectivity index (χ4n) is 4.74. The van der Waals surface area contributed by atoms with E-state index in [2.05, 4.69) is 35.5 Å². The van der Waals surface area contributed by atoms with Crippen molar-refractivity contribution in [3.63, 3.8) is 0 Å². The number of carbonyl (C=O) groups excluding carboxylic acids is 1. The van der Waals surface area contributed by atoms with Gasteiger partial charge in [0, 0.05) is 44.4 Å². The van der Waals surface area contributed by atoms with Crippen LogP contribution in [0, 0.1) is 11.7 Å². The van der Waals surface area contributed by atoms with Crippen LogP contribution in [0.4, 0.5) is 10.1 Å². The van der Waals surface area contributed by atoms with Crippen LogP contribution in [0.2, 0.25) is 0 Å². The molecule has 238 valence electrons. The number of aliphatic carboxylic acids is 1. The molecule has 0 aliphatic carbocycles. The van der Waals surface area contributed by atoms with Crippen LogP contribution in [-0.4, -0.2) is 66.5 Å². The molecule has 2 heterocycles. The van der Waals surface area contributed by atoms with Crippen molar-refractivity contribution in [2.45, 2.75) is 77.4 Å². The van der Waals surface area contributed by atoms with Gasteiger partial charge < -0.3 is 15.2 Å². The molecule has 3 rings (SSSR count). The first-order valence-corrected chi connectivity index (χ1v) is 15.4. The number of aliphatic imine (C=N–C) groups is 2. The largest absolute Gasteiger partial charge is 0.481 e. The molecule has 0 aromatic heterocycles. The van der Waals surface area contributed by atoms with E-state index in [0.29, 0.717) is 74.5 Å². The molecule has 1 fully saturated rings. The fraction of sp³-hybridized carbons (Fsp3) is 0.471. The van der Waals surface area contributed by atoms with Crippen molar-refractivity contribution in [3.8, 4) is 0 Å². The predicted octanol–water partition coefficient (Wildman–Crippen LogP) is 6.66. The summed E-state index contributed by atoms with van der Waals surface area (Å²) in [4.78, 5) is 39.8. The van der Waals surface area contributed by atoms with Crippen molar-refractivity contribution < 1.29 is 28.7 Å². The molecule has 2 aliphatic heterocycles. The second-order valence-corrected chi connectivity index (χ2v) is 10.9. The zero-order chi connectivity index (χ0) is 31.7. The number of hydrogen-bond acceptors (Lipinski definition) is 7. The molecule has 1 saturated heterocycles. The number of unbranched alkanes of at least 4 members (excludes halogenated alkanes) is 2. The van der Waals surface area contributed by atoms with Crippen LogP contribution in [0.25, 0.3) is 0 Å². The van der Waals surface area contributed by atoms with E-state index in [9.17, 15) is 14.0 Å². The van der Waals surface area contributed by atoms with Gasteiger partial charge in [0.1, 0.15) is 12.4 Å². The minimum absolute atomic E-state index is 0.0128. The van der Waals surface area contributed by atoms with Gasteiger partial charge in [-0.15, -0.1) is 0 Å². The van der Waals surface area contributed by atoms with Gasteiger partial charge in [0.25, 0.3) is 5.91 Å². The molecule has 1 aromatic rings. The smallest absolute Gasteiger partial charge is 0.303 e. The monoisotopic (exact) mass is 608 g/mol. The van der Waals surface area contributed by atoms with Crippen LogP contribution < -0.4 is 5.32 Å². The molecular formula is C34H45FN4O5. The molecule has 10 heteroatoms. The topological polar surface area (TPSA) is 113 Å². The number of allylic oxidation sites excluding steroid dienone is 3. The van der Waals surface area contributed by atoms with Gasteiger partial charge >= 0.3 is 5.97 Å². The van der Waals surface area contributed by atoms with E-state index < -0.39 is 5.97 Å². The van der Waals surface area contributed by atoms with Gasteiger partial charge in [-0.25, -0.2) is 4.39 Å². The number of amides is 1. The maximum Gasteiger partial charge on any atom is 0.303 e. The van der Waals surface area contributed by atoms with Crippen molar-refractivity contribution >= 4 is 29.7 Å². The number of nitrogens with zero attached hydrogens (tertiary/aromatic N) is 3. The third-order valence-corrected chi connectivity index (χ3v) is 7.15. The number of nitrogens with one attached hydrogen (secondary N) is 1. The summed E-state index contributed by atoms with van der Waals surface area (Å²) in [6, 6.07) is 5.59.